The summed E-state index contributed by atoms with van der Waals surface area (Å²) < 4.78 is 19.1. The van der Waals surface area contributed by atoms with Crippen LogP contribution < -0.4 is 10.5 Å². The fourth-order valence-corrected chi connectivity index (χ4v) is 1.96. The zero-order valence-electron chi connectivity index (χ0n) is 10.5. The van der Waals surface area contributed by atoms with E-state index in [0.29, 0.717) is 12.5 Å². The van der Waals surface area contributed by atoms with Crippen LogP contribution in [0.2, 0.25) is 0 Å². The second-order valence-electron chi connectivity index (χ2n) is 5.59. The van der Waals surface area contributed by atoms with E-state index in [9.17, 15) is 4.39 Å². The molecule has 1 aromatic carbocycles. The third kappa shape index (κ3) is 3.43. The van der Waals surface area contributed by atoms with Gasteiger partial charge in [-0.3, -0.25) is 0 Å². The first-order valence-corrected chi connectivity index (χ1v) is 6.18. The zero-order chi connectivity index (χ0) is 12.5. The fourth-order valence-electron chi connectivity index (χ4n) is 1.96. The molecule has 0 spiro atoms. The first-order valence-electron chi connectivity index (χ1n) is 6.18. The van der Waals surface area contributed by atoms with Gasteiger partial charge in [-0.15, -0.1) is 0 Å². The highest BCUT2D eigenvalue weighted by Crippen LogP contribution is 2.29. The summed E-state index contributed by atoms with van der Waals surface area (Å²) in [7, 11) is 0. The lowest BCUT2D eigenvalue weighted by molar-refractivity contribution is 0.118. The molecule has 3 heteroatoms. The van der Waals surface area contributed by atoms with E-state index in [1.807, 2.05) is 13.8 Å². The van der Waals surface area contributed by atoms with Crippen molar-refractivity contribution in [2.24, 2.45) is 5.73 Å². The number of rotatable bonds is 4. The second kappa shape index (κ2) is 4.65. The summed E-state index contributed by atoms with van der Waals surface area (Å²) in [4.78, 5) is 0. The molecule has 2 nitrogen and oxygen atoms in total. The lowest BCUT2D eigenvalue weighted by Crippen LogP contribution is -2.35. The lowest BCUT2D eigenvalue weighted by atomic mass is 9.94. The van der Waals surface area contributed by atoms with Crippen LogP contribution in [0.15, 0.2) is 18.2 Å². The Balaban J connectivity index is 2.17. The topological polar surface area (TPSA) is 35.2 Å². The van der Waals surface area contributed by atoms with Crippen molar-refractivity contribution in [1.29, 1.82) is 0 Å². The number of hydrogen-bond acceptors (Lipinski definition) is 2. The minimum atomic E-state index is -0.356. The summed E-state index contributed by atoms with van der Waals surface area (Å²) in [5, 5.41) is 0. The molecule has 94 valence electrons. The van der Waals surface area contributed by atoms with Crippen LogP contribution in [0.3, 0.4) is 0 Å². The van der Waals surface area contributed by atoms with Crippen LogP contribution in [0, 0.1) is 5.82 Å². The molecule has 0 aliphatic heterocycles. The molecule has 0 heterocycles. The monoisotopic (exact) mass is 237 g/mol. The van der Waals surface area contributed by atoms with Crippen LogP contribution in [0.5, 0.6) is 5.75 Å². The van der Waals surface area contributed by atoms with Crippen LogP contribution in [-0.2, 0) is 6.42 Å². The molecule has 0 aromatic heterocycles. The zero-order valence-corrected chi connectivity index (χ0v) is 10.5. The van der Waals surface area contributed by atoms with Crippen LogP contribution in [-0.4, -0.2) is 11.6 Å². The molecule has 1 aliphatic carbocycles. The predicted octanol–water partition coefficient (Wildman–Crippen LogP) is 3.04. The molecular weight excluding hydrogens is 217 g/mol. The van der Waals surface area contributed by atoms with Crippen molar-refractivity contribution in [2.75, 3.05) is 0 Å². The van der Waals surface area contributed by atoms with E-state index >= 15 is 0 Å². The normalized spacial score (nSPS) is 16.7. The van der Waals surface area contributed by atoms with Crippen molar-refractivity contribution in [1.82, 2.24) is 0 Å². The molecule has 0 atom stereocenters. The fraction of sp³-hybridized carbons (Fsp3) is 0.571. The molecular formula is C14H20FNO. The van der Waals surface area contributed by atoms with Crippen molar-refractivity contribution in [2.45, 2.75) is 51.2 Å². The average molecular weight is 237 g/mol. The van der Waals surface area contributed by atoms with Gasteiger partial charge in [0.05, 0.1) is 6.10 Å². The van der Waals surface area contributed by atoms with Gasteiger partial charge in [-0.2, -0.15) is 0 Å². The highest BCUT2D eigenvalue weighted by molar-refractivity contribution is 5.35. The van der Waals surface area contributed by atoms with Gasteiger partial charge in [-0.05, 0) is 63.3 Å². The van der Waals surface area contributed by atoms with Crippen LogP contribution in [0.1, 0.15) is 38.7 Å². The lowest BCUT2D eigenvalue weighted by Gasteiger charge is -2.28. The van der Waals surface area contributed by atoms with Crippen molar-refractivity contribution < 1.29 is 9.13 Å². The molecule has 0 unspecified atom stereocenters. The Bertz CT molecular complexity index is 394. The maximum Gasteiger partial charge on any atom is 0.123 e. The van der Waals surface area contributed by atoms with Gasteiger partial charge in [-0.25, -0.2) is 4.39 Å². The SMILES string of the molecule is CC(C)(N)Cc1cc(F)ccc1OC1CCC1. The molecule has 17 heavy (non-hydrogen) atoms. The van der Waals surface area contributed by atoms with Gasteiger partial charge in [0.15, 0.2) is 0 Å². The standard InChI is InChI=1S/C14H20FNO/c1-14(2,16)9-10-8-11(15)6-7-13(10)17-12-4-3-5-12/h6-8,12H,3-5,9,16H2,1-2H3. The number of halogens is 1. The predicted molar refractivity (Wildman–Crippen MR) is 66.6 cm³/mol. The Labute approximate surface area is 102 Å². The van der Waals surface area contributed by atoms with E-state index < -0.39 is 0 Å². The average Bonchev–Trinajstić information content (AvgIpc) is 2.11. The first-order chi connectivity index (χ1) is 7.94. The third-order valence-electron chi connectivity index (χ3n) is 3.01. The van der Waals surface area contributed by atoms with Crippen LogP contribution in [0.25, 0.3) is 0 Å². The summed E-state index contributed by atoms with van der Waals surface area (Å²) in [6.45, 7) is 3.87. The second-order valence-corrected chi connectivity index (χ2v) is 5.59. The minimum absolute atomic E-state index is 0.231. The molecule has 1 aromatic rings. The van der Waals surface area contributed by atoms with Crippen molar-refractivity contribution in [3.63, 3.8) is 0 Å². The summed E-state index contributed by atoms with van der Waals surface area (Å²) in [6, 6.07) is 4.69. The quantitative estimate of drug-likeness (QED) is 0.873. The Morgan fingerprint density at radius 2 is 2.12 bits per heavy atom. The van der Waals surface area contributed by atoms with E-state index in [4.69, 9.17) is 10.5 Å². The summed E-state index contributed by atoms with van der Waals surface area (Å²) in [5.74, 6) is 0.555. The maximum atomic E-state index is 13.3. The van der Waals surface area contributed by atoms with Crippen LogP contribution >= 0.6 is 0 Å². The Kier molecular flexibility index (Phi) is 3.38. The van der Waals surface area contributed by atoms with Gasteiger partial charge >= 0.3 is 0 Å². The van der Waals surface area contributed by atoms with Gasteiger partial charge in [0, 0.05) is 5.54 Å². The van der Waals surface area contributed by atoms with Gasteiger partial charge in [0.25, 0.3) is 0 Å². The van der Waals surface area contributed by atoms with Gasteiger partial charge in [0.2, 0.25) is 0 Å². The van der Waals surface area contributed by atoms with Gasteiger partial charge in [-0.1, -0.05) is 0 Å². The molecule has 1 fully saturated rings. The smallest absolute Gasteiger partial charge is 0.123 e. The third-order valence-corrected chi connectivity index (χ3v) is 3.01. The van der Waals surface area contributed by atoms with Gasteiger partial charge in [0.1, 0.15) is 11.6 Å². The van der Waals surface area contributed by atoms with Crippen molar-refractivity contribution in [3.05, 3.63) is 29.6 Å². The highest BCUT2D eigenvalue weighted by Gasteiger charge is 2.22. The summed E-state index contributed by atoms with van der Waals surface area (Å²) in [5.41, 5.74) is 6.50. The maximum absolute atomic E-state index is 13.3. The molecule has 2 rings (SSSR count). The number of ether oxygens (including phenoxy) is 1. The summed E-state index contributed by atoms with van der Waals surface area (Å²) in [6.07, 6.45) is 4.35. The Morgan fingerprint density at radius 3 is 2.65 bits per heavy atom. The number of benzene rings is 1. The van der Waals surface area contributed by atoms with Crippen molar-refractivity contribution in [3.8, 4) is 5.75 Å². The molecule has 1 aliphatic rings. The molecule has 0 bridgehead atoms. The molecule has 0 saturated heterocycles. The van der Waals surface area contributed by atoms with E-state index in [1.54, 1.807) is 6.07 Å². The van der Waals surface area contributed by atoms with E-state index in [0.717, 1.165) is 24.2 Å². The molecule has 1 saturated carbocycles. The van der Waals surface area contributed by atoms with E-state index in [1.165, 1.54) is 18.6 Å². The van der Waals surface area contributed by atoms with E-state index in [2.05, 4.69) is 0 Å². The number of hydrogen-bond donors (Lipinski definition) is 1. The molecule has 0 radical (unpaired) electrons. The minimum Gasteiger partial charge on any atom is -0.490 e. The van der Waals surface area contributed by atoms with Crippen LogP contribution in [0.4, 0.5) is 4.39 Å². The van der Waals surface area contributed by atoms with Crippen molar-refractivity contribution >= 4 is 0 Å². The molecule has 2 N–H and O–H groups in total. The Hall–Kier alpha value is -1.09. The Morgan fingerprint density at radius 1 is 1.41 bits per heavy atom. The van der Waals surface area contributed by atoms with Gasteiger partial charge < -0.3 is 10.5 Å². The van der Waals surface area contributed by atoms with E-state index in [-0.39, 0.29) is 11.4 Å². The largest absolute Gasteiger partial charge is 0.490 e. The first kappa shape index (κ1) is 12.4. The summed E-state index contributed by atoms with van der Waals surface area (Å²) >= 11 is 0. The molecule has 0 amide bonds. The number of nitrogens with two attached hydrogens (primary N) is 1. The highest BCUT2D eigenvalue weighted by atomic mass is 19.1.